The van der Waals surface area contributed by atoms with E-state index >= 15 is 0 Å². The zero-order chi connectivity index (χ0) is 21.1. The number of rotatable bonds is 7. The molecular weight excluding hydrogens is 396 g/mol. The molecule has 1 aromatic heterocycles. The second-order valence-electron chi connectivity index (χ2n) is 9.36. The van der Waals surface area contributed by atoms with Crippen molar-refractivity contribution in [3.63, 3.8) is 0 Å². The minimum absolute atomic E-state index is 0.204. The van der Waals surface area contributed by atoms with Gasteiger partial charge in [-0.05, 0) is 78.4 Å². The molecule has 0 saturated carbocycles. The van der Waals surface area contributed by atoms with E-state index in [9.17, 15) is 4.79 Å². The summed E-state index contributed by atoms with van der Waals surface area (Å²) in [5, 5.41) is 10.0. The minimum Gasteiger partial charge on any atom is -0.336 e. The van der Waals surface area contributed by atoms with Crippen molar-refractivity contribution in [1.82, 2.24) is 29.5 Å². The van der Waals surface area contributed by atoms with Gasteiger partial charge in [-0.15, -0.1) is 10.2 Å². The van der Waals surface area contributed by atoms with Gasteiger partial charge in [0.05, 0.1) is 12.6 Å². The van der Waals surface area contributed by atoms with E-state index in [1.165, 1.54) is 32.4 Å². The summed E-state index contributed by atoms with van der Waals surface area (Å²) < 4.78 is 2.16. The van der Waals surface area contributed by atoms with Gasteiger partial charge < -0.3 is 14.4 Å². The number of hydrogen-bond donors (Lipinski definition) is 0. The number of piperidine rings is 1. The van der Waals surface area contributed by atoms with Crippen LogP contribution in [0.2, 0.25) is 0 Å². The lowest BCUT2D eigenvalue weighted by Crippen LogP contribution is -2.51. The Morgan fingerprint density at radius 2 is 1.73 bits per heavy atom. The number of carbonyl (C=O) groups is 1. The molecule has 4 rings (SSSR count). The summed E-state index contributed by atoms with van der Waals surface area (Å²) in [6.45, 7) is 9.48. The van der Waals surface area contributed by atoms with Gasteiger partial charge in [0.1, 0.15) is 0 Å². The molecule has 0 aliphatic carbocycles. The summed E-state index contributed by atoms with van der Waals surface area (Å²) in [6, 6.07) is 0.918. The zero-order valence-electron chi connectivity index (χ0n) is 18.9. The van der Waals surface area contributed by atoms with Crippen LogP contribution in [0.5, 0.6) is 0 Å². The van der Waals surface area contributed by atoms with Gasteiger partial charge in [0.2, 0.25) is 5.91 Å². The van der Waals surface area contributed by atoms with Crippen LogP contribution in [0.15, 0.2) is 5.16 Å². The molecule has 7 nitrogen and oxygen atoms in total. The van der Waals surface area contributed by atoms with Crippen LogP contribution in [0.4, 0.5) is 0 Å². The molecule has 3 aliphatic rings. The van der Waals surface area contributed by atoms with Crippen LogP contribution in [0.1, 0.15) is 70.7 Å². The summed E-state index contributed by atoms with van der Waals surface area (Å²) in [7, 11) is 2.08. The second-order valence-corrected chi connectivity index (χ2v) is 10.4. The summed E-state index contributed by atoms with van der Waals surface area (Å²) >= 11 is 1.81. The molecule has 1 aromatic rings. The van der Waals surface area contributed by atoms with E-state index in [0.29, 0.717) is 18.6 Å². The molecular formula is C22H38N6OS. The zero-order valence-corrected chi connectivity index (χ0v) is 19.7. The van der Waals surface area contributed by atoms with Crippen molar-refractivity contribution < 1.29 is 4.79 Å². The van der Waals surface area contributed by atoms with Gasteiger partial charge in [0, 0.05) is 31.4 Å². The first-order valence-corrected chi connectivity index (χ1v) is 12.8. The number of nitrogens with zero attached hydrogens (tertiary/aromatic N) is 6. The average molecular weight is 435 g/mol. The highest BCUT2D eigenvalue weighted by Gasteiger charge is 2.35. The summed E-state index contributed by atoms with van der Waals surface area (Å²) in [5.74, 6) is 2.36. The highest BCUT2D eigenvalue weighted by molar-refractivity contribution is 7.99. The van der Waals surface area contributed by atoms with E-state index in [-0.39, 0.29) is 11.9 Å². The van der Waals surface area contributed by atoms with Crippen LogP contribution in [0.25, 0.3) is 0 Å². The van der Waals surface area contributed by atoms with Crippen molar-refractivity contribution in [3.8, 4) is 0 Å². The predicted octanol–water partition coefficient (Wildman–Crippen LogP) is 2.93. The predicted molar refractivity (Wildman–Crippen MR) is 121 cm³/mol. The Balaban J connectivity index is 1.36. The molecule has 3 saturated heterocycles. The third-order valence-electron chi connectivity index (χ3n) is 7.19. The van der Waals surface area contributed by atoms with Crippen molar-refractivity contribution in [1.29, 1.82) is 0 Å². The van der Waals surface area contributed by atoms with Crippen LogP contribution >= 0.6 is 11.8 Å². The van der Waals surface area contributed by atoms with E-state index in [1.54, 1.807) is 11.8 Å². The van der Waals surface area contributed by atoms with Crippen molar-refractivity contribution in [3.05, 3.63) is 5.82 Å². The molecule has 4 heterocycles. The highest BCUT2D eigenvalue weighted by Crippen LogP contribution is 2.33. The van der Waals surface area contributed by atoms with E-state index < -0.39 is 0 Å². The monoisotopic (exact) mass is 434 g/mol. The first-order valence-electron chi connectivity index (χ1n) is 11.8. The Morgan fingerprint density at radius 3 is 2.47 bits per heavy atom. The van der Waals surface area contributed by atoms with Crippen molar-refractivity contribution in [2.75, 3.05) is 38.5 Å². The average Bonchev–Trinajstić information content (AvgIpc) is 3.45. The Bertz CT molecular complexity index is 708. The molecule has 1 amide bonds. The van der Waals surface area contributed by atoms with Crippen LogP contribution in [-0.4, -0.2) is 85.9 Å². The van der Waals surface area contributed by atoms with Gasteiger partial charge in [-0.1, -0.05) is 11.8 Å². The summed E-state index contributed by atoms with van der Waals surface area (Å²) in [4.78, 5) is 20.1. The van der Waals surface area contributed by atoms with Crippen LogP contribution in [0, 0.1) is 0 Å². The second kappa shape index (κ2) is 10.0. The maximum absolute atomic E-state index is 13.1. The Labute approximate surface area is 185 Å². The fourth-order valence-corrected chi connectivity index (χ4v) is 6.41. The molecule has 8 heteroatoms. The van der Waals surface area contributed by atoms with E-state index in [0.717, 1.165) is 55.5 Å². The van der Waals surface area contributed by atoms with Gasteiger partial charge in [0.25, 0.3) is 0 Å². The Morgan fingerprint density at radius 1 is 1.00 bits per heavy atom. The molecule has 0 radical (unpaired) electrons. The Hall–Kier alpha value is -1.12. The molecule has 3 atom stereocenters. The number of amides is 1. The molecule has 0 spiro atoms. The van der Waals surface area contributed by atoms with Gasteiger partial charge in [0.15, 0.2) is 11.0 Å². The fourth-order valence-electron chi connectivity index (χ4n) is 5.49. The largest absolute Gasteiger partial charge is 0.336 e. The quantitative estimate of drug-likeness (QED) is 0.615. The van der Waals surface area contributed by atoms with E-state index in [2.05, 4.69) is 50.4 Å². The smallest absolute Gasteiger partial charge is 0.237 e. The topological polar surface area (TPSA) is 57.5 Å². The van der Waals surface area contributed by atoms with Crippen molar-refractivity contribution >= 4 is 17.7 Å². The third-order valence-corrected chi connectivity index (χ3v) is 8.19. The first kappa shape index (κ1) is 22.1. The highest BCUT2D eigenvalue weighted by atomic mass is 32.2. The van der Waals surface area contributed by atoms with Crippen molar-refractivity contribution in [2.24, 2.45) is 7.05 Å². The normalized spacial score (nSPS) is 28.5. The fraction of sp³-hybridized carbons (Fsp3) is 0.864. The molecule has 30 heavy (non-hydrogen) atoms. The van der Waals surface area contributed by atoms with Crippen LogP contribution in [-0.2, 0) is 11.8 Å². The third kappa shape index (κ3) is 4.86. The molecule has 168 valence electrons. The van der Waals surface area contributed by atoms with Crippen molar-refractivity contribution in [2.45, 2.75) is 82.1 Å². The van der Waals surface area contributed by atoms with E-state index in [4.69, 9.17) is 0 Å². The van der Waals surface area contributed by atoms with Crippen LogP contribution < -0.4 is 0 Å². The number of carbonyl (C=O) groups excluding carboxylic acids is 1. The lowest BCUT2D eigenvalue weighted by atomic mass is 9.97. The molecule has 3 fully saturated rings. The standard InChI is InChI=1S/C22H38N6OS/c1-17-8-6-9-18(2)28(17)20(29)16-27-13-7-10-19(27)21-23-24-22(25(21)3)30-15-14-26-11-4-5-12-26/h17-19H,4-16H2,1-3H3/t17-,18-,19+/m0/s1. The molecule has 0 unspecified atom stereocenters. The van der Waals surface area contributed by atoms with Gasteiger partial charge in [-0.25, -0.2) is 0 Å². The Kier molecular flexibility index (Phi) is 7.36. The number of aromatic nitrogens is 3. The minimum atomic E-state index is 0.204. The maximum atomic E-state index is 13.1. The maximum Gasteiger partial charge on any atom is 0.237 e. The lowest BCUT2D eigenvalue weighted by Gasteiger charge is -2.40. The molecule has 0 bridgehead atoms. The van der Waals surface area contributed by atoms with Gasteiger partial charge >= 0.3 is 0 Å². The number of hydrogen-bond acceptors (Lipinski definition) is 6. The first-order chi connectivity index (χ1) is 14.5. The van der Waals surface area contributed by atoms with Gasteiger partial charge in [-0.2, -0.15) is 0 Å². The summed E-state index contributed by atoms with van der Waals surface area (Å²) in [6.07, 6.45) is 8.33. The SMILES string of the molecule is C[C@H]1CCC[C@H](C)N1C(=O)CN1CCC[C@@H]1c1nnc(SCCN2CCCC2)n1C. The molecule has 0 N–H and O–H groups in total. The number of thioether (sulfide) groups is 1. The summed E-state index contributed by atoms with van der Waals surface area (Å²) in [5.41, 5.74) is 0. The lowest BCUT2D eigenvalue weighted by molar-refractivity contribution is -0.138. The molecule has 3 aliphatic heterocycles. The van der Waals surface area contributed by atoms with Gasteiger partial charge in [-0.3, -0.25) is 9.69 Å². The van der Waals surface area contributed by atoms with Crippen LogP contribution in [0.3, 0.4) is 0 Å². The number of likely N-dealkylation sites (tertiary alicyclic amines) is 3. The molecule has 0 aromatic carbocycles. The van der Waals surface area contributed by atoms with E-state index in [1.807, 2.05) is 0 Å².